The van der Waals surface area contributed by atoms with Gasteiger partial charge in [-0.3, -0.25) is 9.36 Å². The van der Waals surface area contributed by atoms with Crippen LogP contribution in [-0.2, 0) is 11.8 Å². The maximum absolute atomic E-state index is 13.1. The van der Waals surface area contributed by atoms with Gasteiger partial charge < -0.3 is 4.98 Å². The number of nitrogens with one attached hydrogen (secondary N) is 1. The third kappa shape index (κ3) is 2.18. The number of rotatable bonds is 1. The highest BCUT2D eigenvalue weighted by Gasteiger charge is 2.36. The van der Waals surface area contributed by atoms with Crippen LogP contribution in [0.5, 0.6) is 0 Å². The molecule has 0 bridgehead atoms. The Bertz CT molecular complexity index is 996. The molecule has 3 nitrogen and oxygen atoms in total. The quantitative estimate of drug-likeness (QED) is 0.653. The predicted molar refractivity (Wildman–Crippen MR) is 98.0 cm³/mol. The van der Waals surface area contributed by atoms with Gasteiger partial charge in [-0.15, -0.1) is 0 Å². The Kier molecular flexibility index (Phi) is 3.32. The van der Waals surface area contributed by atoms with Gasteiger partial charge in [0.15, 0.2) is 4.77 Å². The highest BCUT2D eigenvalue weighted by Crippen LogP contribution is 2.42. The van der Waals surface area contributed by atoms with Crippen molar-refractivity contribution < 1.29 is 4.79 Å². The van der Waals surface area contributed by atoms with E-state index in [2.05, 4.69) is 37.0 Å². The van der Waals surface area contributed by atoms with E-state index in [0.717, 1.165) is 23.4 Å². The van der Waals surface area contributed by atoms with Gasteiger partial charge in [0.05, 0.1) is 11.4 Å². The molecule has 1 N–H and O–H groups in total. The SMILES string of the molecule is CC1(C)Cc2ccccc2-c2[nH]c(=S)n(C(=O)c3ccccc3)c21. The zero-order valence-electron chi connectivity index (χ0n) is 13.7. The Morgan fingerprint density at radius 3 is 2.50 bits per heavy atom. The first-order valence-corrected chi connectivity index (χ1v) is 8.43. The van der Waals surface area contributed by atoms with E-state index in [1.54, 1.807) is 4.57 Å². The monoisotopic (exact) mass is 334 g/mol. The van der Waals surface area contributed by atoms with Crippen molar-refractivity contribution >= 4 is 18.1 Å². The van der Waals surface area contributed by atoms with Crippen molar-refractivity contribution in [2.24, 2.45) is 0 Å². The second-order valence-electron chi connectivity index (χ2n) is 6.88. The summed E-state index contributed by atoms with van der Waals surface area (Å²) in [7, 11) is 0. The van der Waals surface area contributed by atoms with Gasteiger partial charge in [0.25, 0.3) is 5.91 Å². The molecule has 24 heavy (non-hydrogen) atoms. The second-order valence-corrected chi connectivity index (χ2v) is 7.26. The van der Waals surface area contributed by atoms with Gasteiger partial charge in [-0.25, -0.2) is 0 Å². The number of aromatic amines is 1. The van der Waals surface area contributed by atoms with Crippen LogP contribution in [0.15, 0.2) is 54.6 Å². The fourth-order valence-corrected chi connectivity index (χ4v) is 3.93. The first-order chi connectivity index (χ1) is 11.5. The van der Waals surface area contributed by atoms with Crippen LogP contribution in [0.4, 0.5) is 0 Å². The molecule has 1 aliphatic carbocycles. The highest BCUT2D eigenvalue weighted by molar-refractivity contribution is 7.71. The Labute approximate surface area is 146 Å². The number of aromatic nitrogens is 2. The Morgan fingerprint density at radius 1 is 1.08 bits per heavy atom. The van der Waals surface area contributed by atoms with Gasteiger partial charge in [-0.1, -0.05) is 56.3 Å². The summed E-state index contributed by atoms with van der Waals surface area (Å²) in [6.45, 7) is 4.33. The molecule has 0 saturated heterocycles. The summed E-state index contributed by atoms with van der Waals surface area (Å²) in [6, 6.07) is 17.6. The predicted octanol–water partition coefficient (Wildman–Crippen LogP) is 4.73. The molecule has 0 aliphatic heterocycles. The normalized spacial score (nSPS) is 14.8. The fraction of sp³-hybridized carbons (Fsp3) is 0.200. The summed E-state index contributed by atoms with van der Waals surface area (Å²) in [5, 5.41) is 0. The summed E-state index contributed by atoms with van der Waals surface area (Å²) in [6.07, 6.45) is 0.880. The number of nitrogens with zero attached hydrogens (tertiary/aromatic N) is 1. The number of fused-ring (bicyclic) bond motifs is 3. The number of carbonyl (C=O) groups excluding carboxylic acids is 1. The summed E-state index contributed by atoms with van der Waals surface area (Å²) in [4.78, 5) is 16.4. The van der Waals surface area contributed by atoms with E-state index in [1.165, 1.54) is 5.56 Å². The molecule has 1 heterocycles. The van der Waals surface area contributed by atoms with E-state index in [0.29, 0.717) is 10.3 Å². The molecule has 0 spiro atoms. The van der Waals surface area contributed by atoms with Crippen molar-refractivity contribution in [2.45, 2.75) is 25.7 Å². The molecule has 0 amide bonds. The summed E-state index contributed by atoms with van der Waals surface area (Å²) < 4.78 is 2.13. The van der Waals surface area contributed by atoms with E-state index >= 15 is 0 Å². The summed E-state index contributed by atoms with van der Waals surface area (Å²) in [5.41, 5.74) is 4.83. The van der Waals surface area contributed by atoms with Gasteiger partial charge in [0.1, 0.15) is 0 Å². The topological polar surface area (TPSA) is 37.8 Å². The maximum atomic E-state index is 13.1. The highest BCUT2D eigenvalue weighted by atomic mass is 32.1. The molecule has 3 aromatic rings. The van der Waals surface area contributed by atoms with Gasteiger partial charge in [-0.2, -0.15) is 0 Å². The molecule has 120 valence electrons. The molecule has 1 aliphatic rings. The molecule has 0 unspecified atom stereocenters. The Hall–Kier alpha value is -2.46. The van der Waals surface area contributed by atoms with Crippen molar-refractivity contribution in [1.82, 2.24) is 9.55 Å². The van der Waals surface area contributed by atoms with Crippen LogP contribution in [-0.4, -0.2) is 15.5 Å². The molecular weight excluding hydrogens is 316 g/mol. The lowest BCUT2D eigenvalue weighted by Crippen LogP contribution is -2.31. The largest absolute Gasteiger partial charge is 0.330 e. The molecule has 0 fully saturated rings. The third-order valence-corrected chi connectivity index (χ3v) is 4.96. The first-order valence-electron chi connectivity index (χ1n) is 8.02. The molecule has 4 heteroatoms. The number of imidazole rings is 1. The van der Waals surface area contributed by atoms with Gasteiger partial charge in [-0.05, 0) is 36.3 Å². The summed E-state index contributed by atoms with van der Waals surface area (Å²) in [5.74, 6) is -0.0782. The third-order valence-electron chi connectivity index (χ3n) is 4.68. The molecule has 2 aromatic carbocycles. The number of hydrogen-bond donors (Lipinski definition) is 1. The minimum atomic E-state index is -0.179. The molecule has 0 saturated carbocycles. The number of benzene rings is 2. The smallest absolute Gasteiger partial charge is 0.264 e. The van der Waals surface area contributed by atoms with Crippen molar-refractivity contribution in [2.75, 3.05) is 0 Å². The Morgan fingerprint density at radius 2 is 1.75 bits per heavy atom. The number of H-pyrrole nitrogens is 1. The van der Waals surface area contributed by atoms with Crippen molar-refractivity contribution in [3.05, 3.63) is 76.2 Å². The molecule has 0 radical (unpaired) electrons. The van der Waals surface area contributed by atoms with E-state index < -0.39 is 0 Å². The Balaban J connectivity index is 1.99. The first kappa shape index (κ1) is 15.1. The van der Waals surface area contributed by atoms with Crippen molar-refractivity contribution in [3.8, 4) is 11.3 Å². The van der Waals surface area contributed by atoms with Crippen LogP contribution in [0.25, 0.3) is 11.3 Å². The average molecular weight is 334 g/mol. The van der Waals surface area contributed by atoms with Crippen LogP contribution in [0.1, 0.15) is 35.5 Å². The number of hydrogen-bond acceptors (Lipinski definition) is 2. The lowest BCUT2D eigenvalue weighted by atomic mass is 9.74. The lowest BCUT2D eigenvalue weighted by molar-refractivity contribution is 0.0951. The second kappa shape index (κ2) is 5.28. The zero-order valence-corrected chi connectivity index (χ0v) is 14.5. The van der Waals surface area contributed by atoms with Crippen molar-refractivity contribution in [1.29, 1.82) is 0 Å². The molecule has 4 rings (SSSR count). The summed E-state index contributed by atoms with van der Waals surface area (Å²) >= 11 is 5.52. The fourth-order valence-electron chi connectivity index (χ4n) is 3.65. The minimum absolute atomic E-state index is 0.0782. The zero-order chi connectivity index (χ0) is 16.9. The van der Waals surface area contributed by atoms with Crippen LogP contribution < -0.4 is 0 Å². The van der Waals surface area contributed by atoms with Crippen LogP contribution in [0.2, 0.25) is 0 Å². The van der Waals surface area contributed by atoms with Gasteiger partial charge in [0.2, 0.25) is 0 Å². The molecular formula is C20H18N2OS. The number of carbonyl (C=O) groups is 1. The van der Waals surface area contributed by atoms with E-state index in [9.17, 15) is 4.79 Å². The van der Waals surface area contributed by atoms with Gasteiger partial charge in [0, 0.05) is 16.5 Å². The van der Waals surface area contributed by atoms with Crippen molar-refractivity contribution in [3.63, 3.8) is 0 Å². The van der Waals surface area contributed by atoms with Crippen LogP contribution >= 0.6 is 12.2 Å². The lowest BCUT2D eigenvalue weighted by Gasteiger charge is -2.32. The molecule has 0 atom stereocenters. The van der Waals surface area contributed by atoms with Crippen LogP contribution in [0.3, 0.4) is 0 Å². The van der Waals surface area contributed by atoms with E-state index in [4.69, 9.17) is 12.2 Å². The van der Waals surface area contributed by atoms with Gasteiger partial charge >= 0.3 is 0 Å². The minimum Gasteiger partial charge on any atom is -0.330 e. The standard InChI is InChI=1S/C20H18N2OS/c1-20(2)12-14-10-6-7-11-15(14)16-17(20)22(19(24)21-16)18(23)13-8-4-3-5-9-13/h3-11H,12H2,1-2H3,(H,21,24). The molecule has 1 aromatic heterocycles. The van der Waals surface area contributed by atoms with Crippen LogP contribution in [0, 0.1) is 4.77 Å². The average Bonchev–Trinajstić information content (AvgIpc) is 2.93. The van der Waals surface area contributed by atoms with E-state index in [1.807, 2.05) is 36.4 Å². The maximum Gasteiger partial charge on any atom is 0.264 e. The van der Waals surface area contributed by atoms with E-state index in [-0.39, 0.29) is 11.3 Å².